The van der Waals surface area contributed by atoms with Gasteiger partial charge in [0.1, 0.15) is 11.9 Å². The second-order valence-corrected chi connectivity index (χ2v) is 5.84. The van der Waals surface area contributed by atoms with Crippen LogP contribution in [0.15, 0.2) is 47.5 Å². The van der Waals surface area contributed by atoms with Crippen LogP contribution in [0.3, 0.4) is 0 Å². The number of benzene rings is 2. The summed E-state index contributed by atoms with van der Waals surface area (Å²) in [6, 6.07) is 14.1. The fourth-order valence-corrected chi connectivity index (χ4v) is 2.18. The van der Waals surface area contributed by atoms with Gasteiger partial charge >= 0.3 is 0 Å². The summed E-state index contributed by atoms with van der Waals surface area (Å²) in [4.78, 5) is 4.36. The van der Waals surface area contributed by atoms with Crippen LogP contribution in [-0.2, 0) is 0 Å². The molecule has 4 nitrogen and oxygen atoms in total. The molecule has 4 heteroatoms. The maximum Gasteiger partial charge on any atom is 0.193 e. The Morgan fingerprint density at radius 1 is 1.09 bits per heavy atom. The van der Waals surface area contributed by atoms with Gasteiger partial charge in [0.25, 0.3) is 0 Å². The molecular weight excluding hydrogens is 286 g/mol. The molecule has 23 heavy (non-hydrogen) atoms. The maximum absolute atomic E-state index is 5.95. The number of anilines is 1. The first-order valence-corrected chi connectivity index (χ1v) is 7.82. The molecule has 0 aromatic heterocycles. The highest BCUT2D eigenvalue weighted by Crippen LogP contribution is 2.18. The van der Waals surface area contributed by atoms with Crippen LogP contribution in [0.2, 0.25) is 0 Å². The number of aryl methyl sites for hydroxylation is 3. The van der Waals surface area contributed by atoms with Gasteiger partial charge in [0.05, 0.1) is 6.54 Å². The number of nitrogens with zero attached hydrogens (tertiary/aromatic N) is 1. The molecule has 0 saturated carbocycles. The van der Waals surface area contributed by atoms with E-state index in [4.69, 9.17) is 10.5 Å². The summed E-state index contributed by atoms with van der Waals surface area (Å²) in [5.41, 5.74) is 10.5. The van der Waals surface area contributed by atoms with Crippen molar-refractivity contribution < 1.29 is 4.74 Å². The lowest BCUT2D eigenvalue weighted by Gasteiger charge is -2.15. The lowest BCUT2D eigenvalue weighted by Crippen LogP contribution is -2.25. The molecule has 0 bridgehead atoms. The van der Waals surface area contributed by atoms with Crippen LogP contribution in [0.5, 0.6) is 5.75 Å². The molecule has 0 heterocycles. The topological polar surface area (TPSA) is 59.6 Å². The summed E-state index contributed by atoms with van der Waals surface area (Å²) in [6.45, 7) is 8.67. The molecular formula is C19H25N3O. The summed E-state index contributed by atoms with van der Waals surface area (Å²) in [6.07, 6.45) is -0.0452. The molecule has 122 valence electrons. The van der Waals surface area contributed by atoms with Crippen molar-refractivity contribution >= 4 is 11.6 Å². The molecule has 0 amide bonds. The van der Waals surface area contributed by atoms with E-state index >= 15 is 0 Å². The Bertz CT molecular complexity index is 695. The third kappa shape index (κ3) is 5.02. The lowest BCUT2D eigenvalue weighted by molar-refractivity contribution is 0.229. The fraction of sp³-hybridized carbons (Fsp3) is 0.316. The molecule has 0 spiro atoms. The van der Waals surface area contributed by atoms with Crippen molar-refractivity contribution in [1.82, 2.24) is 0 Å². The zero-order chi connectivity index (χ0) is 16.8. The van der Waals surface area contributed by atoms with Gasteiger partial charge in [-0.05, 0) is 62.6 Å². The largest absolute Gasteiger partial charge is 0.489 e. The van der Waals surface area contributed by atoms with Crippen molar-refractivity contribution in [2.75, 3.05) is 11.9 Å². The predicted molar refractivity (Wildman–Crippen MR) is 97.3 cm³/mol. The molecule has 0 radical (unpaired) electrons. The average Bonchev–Trinajstić information content (AvgIpc) is 2.51. The van der Waals surface area contributed by atoms with Gasteiger partial charge in [-0.3, -0.25) is 0 Å². The molecule has 1 unspecified atom stereocenters. The first-order chi connectivity index (χ1) is 11.0. The van der Waals surface area contributed by atoms with Crippen LogP contribution < -0.4 is 15.8 Å². The average molecular weight is 311 g/mol. The van der Waals surface area contributed by atoms with Crippen LogP contribution >= 0.6 is 0 Å². The van der Waals surface area contributed by atoms with E-state index in [0.717, 1.165) is 17.0 Å². The van der Waals surface area contributed by atoms with E-state index in [9.17, 15) is 0 Å². The number of hydrogen-bond acceptors (Lipinski definition) is 2. The van der Waals surface area contributed by atoms with Gasteiger partial charge in [0.2, 0.25) is 0 Å². The predicted octanol–water partition coefficient (Wildman–Crippen LogP) is 3.81. The first-order valence-electron chi connectivity index (χ1n) is 7.82. The molecule has 3 N–H and O–H groups in total. The van der Waals surface area contributed by atoms with E-state index in [1.807, 2.05) is 44.2 Å². The van der Waals surface area contributed by atoms with Crippen LogP contribution in [0, 0.1) is 20.8 Å². The molecule has 0 fully saturated rings. The highest BCUT2D eigenvalue weighted by Gasteiger charge is 2.06. The number of ether oxygens (including phenoxy) is 1. The number of nitrogens with two attached hydrogens (primary N) is 1. The smallest absolute Gasteiger partial charge is 0.193 e. The Balaban J connectivity index is 1.91. The zero-order valence-corrected chi connectivity index (χ0v) is 14.3. The summed E-state index contributed by atoms with van der Waals surface area (Å²) in [7, 11) is 0. The normalized spacial score (nSPS) is 12.8. The van der Waals surface area contributed by atoms with Gasteiger partial charge in [-0.2, -0.15) is 0 Å². The van der Waals surface area contributed by atoms with Crippen LogP contribution in [0.4, 0.5) is 5.69 Å². The van der Waals surface area contributed by atoms with Gasteiger partial charge in [0.15, 0.2) is 5.96 Å². The third-order valence-electron chi connectivity index (χ3n) is 3.72. The van der Waals surface area contributed by atoms with E-state index in [-0.39, 0.29) is 6.10 Å². The molecule has 2 aromatic carbocycles. The summed E-state index contributed by atoms with van der Waals surface area (Å²) < 4.78 is 5.89. The SMILES string of the molecule is Cc1ccc(NC(N)=NCC(C)Oc2ccccc2C)cc1C. The third-order valence-corrected chi connectivity index (χ3v) is 3.72. The summed E-state index contributed by atoms with van der Waals surface area (Å²) in [5.74, 6) is 1.28. The Labute approximate surface area is 138 Å². The van der Waals surface area contributed by atoms with Gasteiger partial charge < -0.3 is 15.8 Å². The number of nitrogens with one attached hydrogen (secondary N) is 1. The van der Waals surface area contributed by atoms with E-state index in [0.29, 0.717) is 12.5 Å². The minimum Gasteiger partial charge on any atom is -0.489 e. The Kier molecular flexibility index (Phi) is 5.63. The van der Waals surface area contributed by atoms with Crippen LogP contribution in [-0.4, -0.2) is 18.6 Å². The summed E-state index contributed by atoms with van der Waals surface area (Å²) in [5, 5.41) is 3.11. The Hall–Kier alpha value is -2.49. The molecule has 0 aliphatic carbocycles. The first kappa shape index (κ1) is 16.9. The van der Waals surface area contributed by atoms with E-state index in [2.05, 4.69) is 36.3 Å². The minimum absolute atomic E-state index is 0.0452. The highest BCUT2D eigenvalue weighted by molar-refractivity contribution is 5.92. The minimum atomic E-state index is -0.0452. The van der Waals surface area contributed by atoms with Crippen molar-refractivity contribution in [1.29, 1.82) is 0 Å². The van der Waals surface area contributed by atoms with Gasteiger partial charge in [-0.15, -0.1) is 0 Å². The second kappa shape index (κ2) is 7.68. The maximum atomic E-state index is 5.95. The summed E-state index contributed by atoms with van der Waals surface area (Å²) >= 11 is 0. The van der Waals surface area contributed by atoms with Gasteiger partial charge in [-0.1, -0.05) is 24.3 Å². The zero-order valence-electron chi connectivity index (χ0n) is 14.3. The van der Waals surface area contributed by atoms with E-state index < -0.39 is 0 Å². The standard InChI is InChI=1S/C19H25N3O/c1-13-9-10-17(11-15(13)3)22-19(20)21-12-16(4)23-18-8-6-5-7-14(18)2/h5-11,16H,12H2,1-4H3,(H3,20,21,22). The number of rotatable bonds is 5. The van der Waals surface area contributed by atoms with E-state index in [1.54, 1.807) is 0 Å². The van der Waals surface area contributed by atoms with Crippen molar-refractivity contribution in [2.24, 2.45) is 10.7 Å². The Morgan fingerprint density at radius 2 is 1.83 bits per heavy atom. The fourth-order valence-electron chi connectivity index (χ4n) is 2.18. The lowest BCUT2D eigenvalue weighted by atomic mass is 10.1. The molecule has 0 saturated heterocycles. The van der Waals surface area contributed by atoms with Crippen LogP contribution in [0.1, 0.15) is 23.6 Å². The molecule has 0 aliphatic heterocycles. The quantitative estimate of drug-likeness (QED) is 0.652. The molecule has 1 atom stereocenters. The van der Waals surface area contributed by atoms with Gasteiger partial charge in [-0.25, -0.2) is 4.99 Å². The van der Waals surface area contributed by atoms with Crippen molar-refractivity contribution in [3.05, 3.63) is 59.2 Å². The molecule has 0 aliphatic rings. The molecule has 2 aromatic rings. The number of aliphatic imine (C=N–C) groups is 1. The van der Waals surface area contributed by atoms with E-state index in [1.165, 1.54) is 11.1 Å². The Morgan fingerprint density at radius 3 is 2.52 bits per heavy atom. The second-order valence-electron chi connectivity index (χ2n) is 5.84. The monoisotopic (exact) mass is 311 g/mol. The highest BCUT2D eigenvalue weighted by atomic mass is 16.5. The van der Waals surface area contributed by atoms with Gasteiger partial charge in [0, 0.05) is 5.69 Å². The van der Waals surface area contributed by atoms with Crippen molar-refractivity contribution in [3.8, 4) is 5.75 Å². The number of para-hydroxylation sites is 1. The molecule has 2 rings (SSSR count). The van der Waals surface area contributed by atoms with Crippen molar-refractivity contribution in [3.63, 3.8) is 0 Å². The number of hydrogen-bond donors (Lipinski definition) is 2. The van der Waals surface area contributed by atoms with Crippen LogP contribution in [0.25, 0.3) is 0 Å². The number of guanidine groups is 1. The van der Waals surface area contributed by atoms with Crippen molar-refractivity contribution in [2.45, 2.75) is 33.8 Å².